The fourth-order valence-corrected chi connectivity index (χ4v) is 4.85. The summed E-state index contributed by atoms with van der Waals surface area (Å²) in [5.74, 6) is -1.19. The first kappa shape index (κ1) is 19.9. The highest BCUT2D eigenvalue weighted by atomic mass is 32.2. The van der Waals surface area contributed by atoms with Crippen LogP contribution < -0.4 is 0 Å². The molecule has 1 aliphatic heterocycles. The van der Waals surface area contributed by atoms with E-state index < -0.39 is 16.0 Å². The van der Waals surface area contributed by atoms with Crippen molar-refractivity contribution >= 4 is 33.2 Å². The van der Waals surface area contributed by atoms with Crippen molar-refractivity contribution in [2.24, 2.45) is 0 Å². The largest absolute Gasteiger partial charge is 0.480 e. The van der Waals surface area contributed by atoms with Crippen LogP contribution in [-0.2, 0) is 26.0 Å². The first-order chi connectivity index (χ1) is 11.8. The Balaban J connectivity index is 1.97. The Hall–Kier alpha value is -1.45. The maximum absolute atomic E-state index is 12.5. The number of thiophene rings is 1. The van der Waals surface area contributed by atoms with Crippen molar-refractivity contribution < 1.29 is 23.1 Å². The molecule has 2 rings (SSSR count). The smallest absolute Gasteiger partial charge is 0.323 e. The number of nitrogens with zero attached hydrogens (tertiary/aromatic N) is 2. The summed E-state index contributed by atoms with van der Waals surface area (Å²) in [5, 5.41) is 13.1. The summed E-state index contributed by atoms with van der Waals surface area (Å²) in [6, 6.07) is 1.72. The van der Waals surface area contributed by atoms with E-state index in [9.17, 15) is 18.0 Å². The van der Waals surface area contributed by atoms with Crippen LogP contribution in [-0.4, -0.2) is 66.0 Å². The molecule has 1 N–H and O–H groups in total. The third-order valence-corrected chi connectivity index (χ3v) is 7.07. The Bertz CT molecular complexity index is 679. The number of carbonyl (C=O) groups excluding carboxylic acids is 1. The Morgan fingerprint density at radius 1 is 1.36 bits per heavy atom. The van der Waals surface area contributed by atoms with E-state index in [0.717, 1.165) is 5.56 Å². The lowest BCUT2D eigenvalue weighted by atomic mass is 10.0. The molecule has 1 amide bonds. The van der Waals surface area contributed by atoms with E-state index in [1.807, 2.05) is 16.8 Å². The van der Waals surface area contributed by atoms with Crippen LogP contribution in [0.25, 0.3) is 0 Å². The van der Waals surface area contributed by atoms with Crippen LogP contribution in [0.4, 0.5) is 0 Å². The third-order valence-electron chi connectivity index (χ3n) is 4.46. The molecule has 1 aromatic heterocycles. The number of carboxylic acids is 1. The van der Waals surface area contributed by atoms with Crippen LogP contribution in [0.3, 0.4) is 0 Å². The first-order valence-corrected chi connectivity index (χ1v) is 10.9. The van der Waals surface area contributed by atoms with E-state index in [1.165, 1.54) is 9.21 Å². The second-order valence-corrected chi connectivity index (χ2v) is 9.12. The number of hydrogen-bond donors (Lipinski definition) is 1. The number of rotatable bonds is 8. The maximum atomic E-state index is 12.5. The fraction of sp³-hybridized carbons (Fsp3) is 0.625. The highest BCUT2D eigenvalue weighted by Gasteiger charge is 2.32. The van der Waals surface area contributed by atoms with Gasteiger partial charge in [0, 0.05) is 25.6 Å². The van der Waals surface area contributed by atoms with E-state index >= 15 is 0 Å². The summed E-state index contributed by atoms with van der Waals surface area (Å²) in [4.78, 5) is 25.1. The molecule has 25 heavy (non-hydrogen) atoms. The van der Waals surface area contributed by atoms with E-state index in [4.69, 9.17) is 5.11 Å². The summed E-state index contributed by atoms with van der Waals surface area (Å²) < 4.78 is 25.3. The molecular weight excluding hydrogens is 364 g/mol. The van der Waals surface area contributed by atoms with E-state index in [2.05, 4.69) is 0 Å². The monoisotopic (exact) mass is 388 g/mol. The predicted molar refractivity (Wildman–Crippen MR) is 96.0 cm³/mol. The molecule has 1 aromatic rings. The van der Waals surface area contributed by atoms with Gasteiger partial charge in [0.1, 0.15) is 6.54 Å². The SMILES string of the molecule is CCS(=O)(=O)N1CCC(N(CC(=O)O)C(=O)CCc2ccsc2)CC1. The van der Waals surface area contributed by atoms with Crippen molar-refractivity contribution in [2.45, 2.75) is 38.6 Å². The lowest BCUT2D eigenvalue weighted by Crippen LogP contribution is -2.50. The topological polar surface area (TPSA) is 95.0 Å². The number of carboxylic acid groups (broad SMARTS) is 1. The van der Waals surface area contributed by atoms with Crippen molar-refractivity contribution in [3.05, 3.63) is 22.4 Å². The molecule has 0 bridgehead atoms. The van der Waals surface area contributed by atoms with Gasteiger partial charge in [0.05, 0.1) is 5.75 Å². The van der Waals surface area contributed by atoms with E-state index in [0.29, 0.717) is 32.4 Å². The zero-order valence-corrected chi connectivity index (χ0v) is 15.9. The minimum absolute atomic E-state index is 0.0517. The molecule has 1 fully saturated rings. The molecule has 1 saturated heterocycles. The van der Waals surface area contributed by atoms with Gasteiger partial charge in [-0.1, -0.05) is 0 Å². The second-order valence-electron chi connectivity index (χ2n) is 6.08. The highest BCUT2D eigenvalue weighted by Crippen LogP contribution is 2.20. The van der Waals surface area contributed by atoms with Gasteiger partial charge in [-0.3, -0.25) is 9.59 Å². The minimum atomic E-state index is -3.24. The van der Waals surface area contributed by atoms with Gasteiger partial charge in [-0.25, -0.2) is 12.7 Å². The Kier molecular flexibility index (Phi) is 6.97. The van der Waals surface area contributed by atoms with Gasteiger partial charge < -0.3 is 10.0 Å². The summed E-state index contributed by atoms with van der Waals surface area (Å²) in [5.41, 5.74) is 1.07. The molecule has 7 nitrogen and oxygen atoms in total. The van der Waals surface area contributed by atoms with Crippen LogP contribution in [0.1, 0.15) is 31.7 Å². The lowest BCUT2D eigenvalue weighted by molar-refractivity contribution is -0.146. The van der Waals surface area contributed by atoms with Crippen molar-refractivity contribution in [3.8, 4) is 0 Å². The number of amides is 1. The first-order valence-electron chi connectivity index (χ1n) is 8.33. The van der Waals surface area contributed by atoms with Crippen LogP contribution in [0.2, 0.25) is 0 Å². The third kappa shape index (κ3) is 5.52. The summed E-state index contributed by atoms with van der Waals surface area (Å²) in [6.07, 6.45) is 1.78. The van der Waals surface area contributed by atoms with Crippen molar-refractivity contribution in [3.63, 3.8) is 0 Å². The Morgan fingerprint density at radius 3 is 2.56 bits per heavy atom. The average molecular weight is 389 g/mol. The zero-order valence-electron chi connectivity index (χ0n) is 14.3. The van der Waals surface area contributed by atoms with Gasteiger partial charge in [0.25, 0.3) is 0 Å². The van der Waals surface area contributed by atoms with Gasteiger partial charge in [-0.15, -0.1) is 0 Å². The molecule has 0 saturated carbocycles. The lowest BCUT2D eigenvalue weighted by Gasteiger charge is -2.37. The quantitative estimate of drug-likeness (QED) is 0.726. The van der Waals surface area contributed by atoms with Gasteiger partial charge >= 0.3 is 5.97 Å². The summed E-state index contributed by atoms with van der Waals surface area (Å²) in [6.45, 7) is 1.92. The molecule has 0 radical (unpaired) electrons. The van der Waals surface area contributed by atoms with Crippen molar-refractivity contribution in [1.29, 1.82) is 0 Å². The molecule has 0 atom stereocenters. The highest BCUT2D eigenvalue weighted by molar-refractivity contribution is 7.89. The second kappa shape index (κ2) is 8.77. The van der Waals surface area contributed by atoms with E-state index in [1.54, 1.807) is 18.3 Å². The Morgan fingerprint density at radius 2 is 2.04 bits per heavy atom. The number of hydrogen-bond acceptors (Lipinski definition) is 5. The molecule has 0 aliphatic carbocycles. The normalized spacial score (nSPS) is 16.7. The predicted octanol–water partition coefficient (Wildman–Crippen LogP) is 1.41. The van der Waals surface area contributed by atoms with Crippen LogP contribution in [0, 0.1) is 0 Å². The van der Waals surface area contributed by atoms with Gasteiger partial charge in [-0.05, 0) is 48.6 Å². The molecule has 0 spiro atoms. The number of sulfonamides is 1. The molecule has 0 aromatic carbocycles. The zero-order chi connectivity index (χ0) is 18.4. The molecule has 9 heteroatoms. The summed E-state index contributed by atoms with van der Waals surface area (Å²) >= 11 is 1.56. The molecule has 0 unspecified atom stereocenters. The minimum Gasteiger partial charge on any atom is -0.480 e. The number of carbonyl (C=O) groups is 2. The van der Waals surface area contributed by atoms with E-state index in [-0.39, 0.29) is 30.7 Å². The Labute approximate surface area is 152 Å². The molecule has 1 aliphatic rings. The van der Waals surface area contributed by atoms with Gasteiger partial charge in [-0.2, -0.15) is 11.3 Å². The number of aliphatic carboxylic acids is 1. The maximum Gasteiger partial charge on any atom is 0.323 e. The molecule has 140 valence electrons. The number of aryl methyl sites for hydroxylation is 1. The van der Waals surface area contributed by atoms with Gasteiger partial charge in [0.2, 0.25) is 15.9 Å². The molecular formula is C16H24N2O5S2. The van der Waals surface area contributed by atoms with Crippen LogP contribution in [0.15, 0.2) is 16.8 Å². The summed E-state index contributed by atoms with van der Waals surface area (Å²) in [7, 11) is -3.24. The standard InChI is InChI=1S/C16H24N2O5S2/c1-2-25(22,23)17-8-5-14(6-9-17)18(11-16(20)21)15(19)4-3-13-7-10-24-12-13/h7,10,12,14H,2-6,8-9,11H2,1H3,(H,20,21). The average Bonchev–Trinajstić information content (AvgIpc) is 3.11. The van der Waals surface area contributed by atoms with Gasteiger partial charge in [0.15, 0.2) is 0 Å². The number of piperidine rings is 1. The van der Waals surface area contributed by atoms with Crippen molar-refractivity contribution in [2.75, 3.05) is 25.4 Å². The fourth-order valence-electron chi connectivity index (χ4n) is 3.01. The van der Waals surface area contributed by atoms with Crippen molar-refractivity contribution in [1.82, 2.24) is 9.21 Å². The molecule has 2 heterocycles. The van der Waals surface area contributed by atoms with Crippen LogP contribution in [0.5, 0.6) is 0 Å². The van der Waals surface area contributed by atoms with Crippen LogP contribution >= 0.6 is 11.3 Å².